The smallest absolute Gasteiger partial charge is 0.252 e. The van der Waals surface area contributed by atoms with Gasteiger partial charge in [-0.2, -0.15) is 0 Å². The normalized spacial score (nSPS) is 14.6. The third-order valence-electron chi connectivity index (χ3n) is 4.39. The number of nitrogens with one attached hydrogen (secondary N) is 1. The summed E-state index contributed by atoms with van der Waals surface area (Å²) in [5.74, 6) is 1.01. The number of rotatable bonds is 5. The first kappa shape index (κ1) is 15.4. The van der Waals surface area contributed by atoms with E-state index in [1.165, 1.54) is 0 Å². The highest BCUT2D eigenvalue weighted by atomic mass is 16.5. The van der Waals surface area contributed by atoms with Gasteiger partial charge in [-0.05, 0) is 42.7 Å². The molecule has 1 aromatic heterocycles. The van der Waals surface area contributed by atoms with E-state index < -0.39 is 0 Å². The van der Waals surface area contributed by atoms with Crippen molar-refractivity contribution < 1.29 is 9.53 Å². The zero-order valence-electron chi connectivity index (χ0n) is 13.7. The van der Waals surface area contributed by atoms with Crippen molar-refractivity contribution in [2.24, 2.45) is 0 Å². The van der Waals surface area contributed by atoms with E-state index in [0.29, 0.717) is 17.2 Å². The Bertz CT molecular complexity index is 875. The van der Waals surface area contributed by atoms with Crippen LogP contribution in [0.5, 0.6) is 11.6 Å². The monoisotopic (exact) mass is 330 g/mol. The lowest BCUT2D eigenvalue weighted by Crippen LogP contribution is -2.34. The fourth-order valence-electron chi connectivity index (χ4n) is 2.89. The van der Waals surface area contributed by atoms with Gasteiger partial charge in [-0.15, -0.1) is 0 Å². The quantitative estimate of drug-likeness (QED) is 0.759. The maximum Gasteiger partial charge on any atom is 0.252 e. The van der Waals surface area contributed by atoms with E-state index in [-0.39, 0.29) is 11.4 Å². The molecule has 0 saturated heterocycles. The van der Waals surface area contributed by atoms with Crippen LogP contribution < -0.4 is 10.1 Å². The van der Waals surface area contributed by atoms with E-state index in [9.17, 15) is 4.79 Å². The minimum atomic E-state index is -0.226. The van der Waals surface area contributed by atoms with Crippen LogP contribution in [0, 0.1) is 0 Å². The van der Waals surface area contributed by atoms with E-state index in [4.69, 9.17) is 4.74 Å². The van der Waals surface area contributed by atoms with Crippen LogP contribution in [-0.2, 0) is 5.54 Å². The van der Waals surface area contributed by atoms with Gasteiger partial charge < -0.3 is 10.1 Å². The molecular weight excluding hydrogens is 312 g/mol. The predicted molar refractivity (Wildman–Crippen MR) is 95.6 cm³/mol. The van der Waals surface area contributed by atoms with Crippen LogP contribution in [0.15, 0.2) is 79.0 Å². The Hall–Kier alpha value is -3.14. The number of nitrogens with zero attached hydrogens (tertiary/aromatic N) is 1. The number of hydrogen-bond donors (Lipinski definition) is 1. The minimum absolute atomic E-state index is 0.0900. The number of carbonyl (C=O) groups is 1. The van der Waals surface area contributed by atoms with Gasteiger partial charge in [-0.25, -0.2) is 4.98 Å². The SMILES string of the molecule is O=C(NC1(c2ccccc2)CC1)c1cccc(Oc2ccccn2)c1. The fourth-order valence-corrected chi connectivity index (χ4v) is 2.89. The van der Waals surface area contributed by atoms with Crippen molar-refractivity contribution in [2.75, 3.05) is 0 Å². The Morgan fingerprint density at radius 3 is 2.48 bits per heavy atom. The van der Waals surface area contributed by atoms with Crippen LogP contribution in [0.4, 0.5) is 0 Å². The second-order valence-corrected chi connectivity index (χ2v) is 6.20. The second kappa shape index (κ2) is 6.40. The highest BCUT2D eigenvalue weighted by Gasteiger charge is 2.45. The largest absolute Gasteiger partial charge is 0.439 e. The minimum Gasteiger partial charge on any atom is -0.439 e. The first-order chi connectivity index (χ1) is 12.3. The fraction of sp³-hybridized carbons (Fsp3) is 0.143. The standard InChI is InChI=1S/C21H18N2O2/c24-20(23-21(12-13-21)17-8-2-1-3-9-17)16-7-6-10-18(15-16)25-19-11-4-5-14-22-19/h1-11,14-15H,12-13H2,(H,23,24). The topological polar surface area (TPSA) is 51.2 Å². The number of amides is 1. The summed E-state index contributed by atoms with van der Waals surface area (Å²) >= 11 is 0. The van der Waals surface area contributed by atoms with Crippen LogP contribution in [0.1, 0.15) is 28.8 Å². The summed E-state index contributed by atoms with van der Waals surface area (Å²) in [6.07, 6.45) is 3.60. The summed E-state index contributed by atoms with van der Waals surface area (Å²) in [6, 6.07) is 22.7. The van der Waals surface area contributed by atoms with Crippen LogP contribution in [0.3, 0.4) is 0 Å². The molecule has 4 heteroatoms. The summed E-state index contributed by atoms with van der Waals surface area (Å²) < 4.78 is 5.71. The highest BCUT2D eigenvalue weighted by molar-refractivity contribution is 5.95. The van der Waals surface area contributed by atoms with Gasteiger partial charge in [0.25, 0.3) is 5.91 Å². The number of aromatic nitrogens is 1. The van der Waals surface area contributed by atoms with Gasteiger partial charge in [0.05, 0.1) is 5.54 Å². The van der Waals surface area contributed by atoms with Crippen LogP contribution >= 0.6 is 0 Å². The van der Waals surface area contributed by atoms with E-state index in [1.807, 2.05) is 42.5 Å². The molecule has 3 aromatic rings. The first-order valence-corrected chi connectivity index (χ1v) is 8.32. The number of pyridine rings is 1. The zero-order valence-corrected chi connectivity index (χ0v) is 13.7. The van der Waals surface area contributed by atoms with Crippen molar-refractivity contribution in [3.05, 3.63) is 90.1 Å². The number of carbonyl (C=O) groups excluding carboxylic acids is 1. The van der Waals surface area contributed by atoms with E-state index in [0.717, 1.165) is 18.4 Å². The summed E-state index contributed by atoms with van der Waals surface area (Å²) in [6.45, 7) is 0. The molecule has 0 bridgehead atoms. The number of benzene rings is 2. The molecule has 2 aromatic carbocycles. The van der Waals surface area contributed by atoms with Crippen molar-refractivity contribution in [1.29, 1.82) is 0 Å². The van der Waals surface area contributed by atoms with Crippen LogP contribution in [0.2, 0.25) is 0 Å². The Labute approximate surface area is 146 Å². The molecule has 25 heavy (non-hydrogen) atoms. The molecule has 0 spiro atoms. The molecule has 1 fully saturated rings. The molecule has 0 atom stereocenters. The average molecular weight is 330 g/mol. The molecule has 1 amide bonds. The number of ether oxygens (including phenoxy) is 1. The molecule has 1 aliphatic rings. The molecule has 0 radical (unpaired) electrons. The predicted octanol–water partition coefficient (Wildman–Crippen LogP) is 4.29. The van der Waals surface area contributed by atoms with Crippen molar-refractivity contribution in [3.63, 3.8) is 0 Å². The van der Waals surface area contributed by atoms with Gasteiger partial charge in [0.15, 0.2) is 0 Å². The molecule has 4 rings (SSSR count). The molecular formula is C21H18N2O2. The molecule has 0 unspecified atom stereocenters. The van der Waals surface area contributed by atoms with Crippen LogP contribution in [-0.4, -0.2) is 10.9 Å². The molecule has 1 heterocycles. The number of hydrogen-bond acceptors (Lipinski definition) is 3. The van der Waals surface area contributed by atoms with Crippen molar-refractivity contribution in [3.8, 4) is 11.6 Å². The third-order valence-corrected chi connectivity index (χ3v) is 4.39. The van der Waals surface area contributed by atoms with E-state index in [1.54, 1.807) is 24.4 Å². The lowest BCUT2D eigenvalue weighted by Gasteiger charge is -2.18. The Kier molecular flexibility index (Phi) is 3.94. The van der Waals surface area contributed by atoms with Crippen molar-refractivity contribution >= 4 is 5.91 Å². The lowest BCUT2D eigenvalue weighted by molar-refractivity contribution is 0.0930. The second-order valence-electron chi connectivity index (χ2n) is 6.20. The van der Waals surface area contributed by atoms with E-state index in [2.05, 4.69) is 22.4 Å². The van der Waals surface area contributed by atoms with Crippen LogP contribution in [0.25, 0.3) is 0 Å². The summed E-state index contributed by atoms with van der Waals surface area (Å²) in [5, 5.41) is 3.18. The van der Waals surface area contributed by atoms with Gasteiger partial charge in [0.1, 0.15) is 5.75 Å². The summed E-state index contributed by atoms with van der Waals surface area (Å²) in [7, 11) is 0. The summed E-state index contributed by atoms with van der Waals surface area (Å²) in [5.41, 5.74) is 1.51. The Balaban J connectivity index is 1.50. The average Bonchev–Trinajstić information content (AvgIpc) is 3.44. The maximum absolute atomic E-state index is 12.7. The van der Waals surface area contributed by atoms with Crippen molar-refractivity contribution in [2.45, 2.75) is 18.4 Å². The van der Waals surface area contributed by atoms with Crippen molar-refractivity contribution in [1.82, 2.24) is 10.3 Å². The van der Waals surface area contributed by atoms with E-state index >= 15 is 0 Å². The Morgan fingerprint density at radius 1 is 0.960 bits per heavy atom. The first-order valence-electron chi connectivity index (χ1n) is 8.32. The molecule has 0 aliphatic heterocycles. The molecule has 1 N–H and O–H groups in total. The molecule has 124 valence electrons. The van der Waals surface area contributed by atoms with Gasteiger partial charge in [0.2, 0.25) is 5.88 Å². The third kappa shape index (κ3) is 3.38. The van der Waals surface area contributed by atoms with Gasteiger partial charge in [-0.3, -0.25) is 4.79 Å². The summed E-state index contributed by atoms with van der Waals surface area (Å²) in [4.78, 5) is 16.8. The van der Waals surface area contributed by atoms with Gasteiger partial charge >= 0.3 is 0 Å². The van der Waals surface area contributed by atoms with Gasteiger partial charge in [0, 0.05) is 17.8 Å². The van der Waals surface area contributed by atoms with Gasteiger partial charge in [-0.1, -0.05) is 42.5 Å². The highest BCUT2D eigenvalue weighted by Crippen LogP contribution is 2.45. The lowest BCUT2D eigenvalue weighted by atomic mass is 10.0. The molecule has 4 nitrogen and oxygen atoms in total. The molecule has 1 saturated carbocycles. The Morgan fingerprint density at radius 2 is 1.76 bits per heavy atom. The molecule has 1 aliphatic carbocycles. The zero-order chi connectivity index (χ0) is 17.1. The maximum atomic E-state index is 12.7.